The van der Waals surface area contributed by atoms with Gasteiger partial charge in [0.05, 0.1) is 0 Å². The van der Waals surface area contributed by atoms with Crippen molar-refractivity contribution < 1.29 is 15.3 Å². The molecule has 0 spiro atoms. The van der Waals surface area contributed by atoms with Crippen LogP contribution in [0.1, 0.15) is 6.42 Å². The number of aliphatic hydroxyl groups is 3. The minimum Gasteiger partial charge on any atom is -0.506 e. The Balaban J connectivity index is 3.62. The first-order valence-electron chi connectivity index (χ1n) is 2.04. The van der Waals surface area contributed by atoms with Gasteiger partial charge in [-0.3, -0.25) is 0 Å². The zero-order valence-electron chi connectivity index (χ0n) is 4.13. The molecule has 0 aromatic carbocycles. The van der Waals surface area contributed by atoms with Crippen LogP contribution in [0.5, 0.6) is 0 Å². The summed E-state index contributed by atoms with van der Waals surface area (Å²) in [4.78, 5) is 0. The highest BCUT2D eigenvalue weighted by molar-refractivity contribution is 6.17. The SMILES string of the molecule is OC(O)=C(O)CCCl. The Kier molecular flexibility index (Phi) is 3.19. The van der Waals surface area contributed by atoms with Crippen molar-refractivity contribution in [2.75, 3.05) is 5.88 Å². The van der Waals surface area contributed by atoms with Crippen molar-refractivity contribution in [3.63, 3.8) is 0 Å². The standard InChI is InChI=1S/C4H7ClO3/c5-2-1-3(6)4(7)8/h6-8H,1-2H2. The molecule has 4 heteroatoms. The Labute approximate surface area is 51.8 Å². The molecule has 0 aliphatic heterocycles. The molecule has 8 heavy (non-hydrogen) atoms. The van der Waals surface area contributed by atoms with Crippen LogP contribution >= 0.6 is 11.6 Å². The summed E-state index contributed by atoms with van der Waals surface area (Å²) >= 11 is 5.12. The van der Waals surface area contributed by atoms with Crippen LogP contribution in [-0.2, 0) is 0 Å². The number of hydrogen-bond acceptors (Lipinski definition) is 3. The molecular formula is C4H7ClO3. The number of halogens is 1. The first kappa shape index (κ1) is 7.43. The van der Waals surface area contributed by atoms with Gasteiger partial charge in [0.25, 0.3) is 0 Å². The van der Waals surface area contributed by atoms with Gasteiger partial charge in [0, 0.05) is 12.3 Å². The van der Waals surface area contributed by atoms with Crippen molar-refractivity contribution in [2.24, 2.45) is 0 Å². The van der Waals surface area contributed by atoms with Crippen LogP contribution in [0.3, 0.4) is 0 Å². The summed E-state index contributed by atoms with van der Waals surface area (Å²) in [6, 6.07) is 0. The topological polar surface area (TPSA) is 60.7 Å². The molecule has 0 aliphatic rings. The maximum Gasteiger partial charge on any atom is 0.313 e. The molecule has 0 rings (SSSR count). The van der Waals surface area contributed by atoms with Crippen LogP contribution in [0.15, 0.2) is 11.7 Å². The Bertz CT molecular complexity index is 95.5. The molecule has 0 aromatic rings. The summed E-state index contributed by atoms with van der Waals surface area (Å²) < 4.78 is 0. The summed E-state index contributed by atoms with van der Waals surface area (Å²) in [7, 11) is 0. The van der Waals surface area contributed by atoms with Crippen LogP contribution in [0.4, 0.5) is 0 Å². The van der Waals surface area contributed by atoms with Crippen molar-refractivity contribution in [1.29, 1.82) is 0 Å². The predicted molar refractivity (Wildman–Crippen MR) is 30.2 cm³/mol. The summed E-state index contributed by atoms with van der Waals surface area (Å²) in [5.74, 6) is -1.35. The average molecular weight is 139 g/mol. The monoisotopic (exact) mass is 138 g/mol. The van der Waals surface area contributed by atoms with Crippen LogP contribution in [0, 0.1) is 0 Å². The largest absolute Gasteiger partial charge is 0.506 e. The fraction of sp³-hybridized carbons (Fsp3) is 0.500. The van der Waals surface area contributed by atoms with E-state index in [0.29, 0.717) is 0 Å². The van der Waals surface area contributed by atoms with Crippen molar-refractivity contribution >= 4 is 11.6 Å². The second-order valence-electron chi connectivity index (χ2n) is 1.21. The molecule has 0 saturated carbocycles. The number of aliphatic hydroxyl groups excluding tert-OH is 2. The van der Waals surface area contributed by atoms with E-state index in [9.17, 15) is 0 Å². The van der Waals surface area contributed by atoms with Crippen molar-refractivity contribution in [3.8, 4) is 0 Å². The lowest BCUT2D eigenvalue weighted by Crippen LogP contribution is -1.89. The molecule has 3 N–H and O–H groups in total. The molecule has 0 heterocycles. The smallest absolute Gasteiger partial charge is 0.313 e. The third-order valence-electron chi connectivity index (χ3n) is 0.589. The van der Waals surface area contributed by atoms with Crippen LogP contribution in [0.25, 0.3) is 0 Å². The summed E-state index contributed by atoms with van der Waals surface area (Å²) in [5, 5.41) is 24.6. The van der Waals surface area contributed by atoms with Gasteiger partial charge in [0.15, 0.2) is 5.76 Å². The lowest BCUT2D eigenvalue weighted by Gasteiger charge is -1.92. The second-order valence-corrected chi connectivity index (χ2v) is 1.59. The normalized spacial score (nSPS) is 8.62. The van der Waals surface area contributed by atoms with E-state index in [1.165, 1.54) is 0 Å². The molecule has 3 nitrogen and oxygen atoms in total. The Morgan fingerprint density at radius 2 is 1.75 bits per heavy atom. The Morgan fingerprint density at radius 1 is 1.25 bits per heavy atom. The Hall–Kier alpha value is -0.570. The van der Waals surface area contributed by atoms with E-state index in [2.05, 4.69) is 0 Å². The van der Waals surface area contributed by atoms with E-state index in [1.807, 2.05) is 0 Å². The maximum atomic E-state index is 8.42. The number of allylic oxidation sites excluding steroid dienone is 1. The van der Waals surface area contributed by atoms with Crippen molar-refractivity contribution in [3.05, 3.63) is 11.7 Å². The number of hydrogen-bond donors (Lipinski definition) is 3. The molecule has 0 atom stereocenters. The molecule has 0 aliphatic carbocycles. The summed E-state index contributed by atoms with van der Waals surface area (Å²) in [6.45, 7) is 0. The first-order chi connectivity index (χ1) is 3.68. The van der Waals surface area contributed by atoms with Crippen LogP contribution in [-0.4, -0.2) is 21.2 Å². The maximum absolute atomic E-state index is 8.42. The van der Waals surface area contributed by atoms with Crippen molar-refractivity contribution in [1.82, 2.24) is 0 Å². The fourth-order valence-electron chi connectivity index (χ4n) is 0.201. The molecule has 0 bridgehead atoms. The van der Waals surface area contributed by atoms with Gasteiger partial charge in [0.2, 0.25) is 0 Å². The third kappa shape index (κ3) is 2.58. The molecule has 0 radical (unpaired) electrons. The van der Waals surface area contributed by atoms with E-state index in [-0.39, 0.29) is 12.3 Å². The third-order valence-corrected chi connectivity index (χ3v) is 0.778. The molecule has 0 saturated heterocycles. The molecule has 0 unspecified atom stereocenters. The fourth-order valence-corrected chi connectivity index (χ4v) is 0.380. The van der Waals surface area contributed by atoms with Gasteiger partial charge in [-0.05, 0) is 0 Å². The van der Waals surface area contributed by atoms with Gasteiger partial charge in [-0.15, -0.1) is 11.6 Å². The van der Waals surface area contributed by atoms with Gasteiger partial charge < -0.3 is 15.3 Å². The zero-order valence-corrected chi connectivity index (χ0v) is 4.89. The van der Waals surface area contributed by atoms with E-state index in [1.54, 1.807) is 0 Å². The van der Waals surface area contributed by atoms with E-state index >= 15 is 0 Å². The van der Waals surface area contributed by atoms with Crippen molar-refractivity contribution in [2.45, 2.75) is 6.42 Å². The predicted octanol–water partition coefficient (Wildman–Crippen LogP) is 1.46. The lowest BCUT2D eigenvalue weighted by atomic mass is 10.4. The number of alkyl halides is 1. The molecule has 0 aromatic heterocycles. The van der Waals surface area contributed by atoms with Gasteiger partial charge in [0.1, 0.15) is 0 Å². The molecule has 48 valence electrons. The van der Waals surface area contributed by atoms with E-state index < -0.39 is 11.7 Å². The molecule has 0 amide bonds. The van der Waals surface area contributed by atoms with Gasteiger partial charge in [-0.2, -0.15) is 0 Å². The Morgan fingerprint density at radius 3 is 1.88 bits per heavy atom. The summed E-state index contributed by atoms with van der Waals surface area (Å²) in [6.07, 6.45) is 0.0872. The van der Waals surface area contributed by atoms with Crippen LogP contribution in [0.2, 0.25) is 0 Å². The van der Waals surface area contributed by atoms with Gasteiger partial charge in [-0.1, -0.05) is 0 Å². The quantitative estimate of drug-likeness (QED) is 0.400. The zero-order chi connectivity index (χ0) is 6.57. The molecular weight excluding hydrogens is 131 g/mol. The minimum absolute atomic E-state index is 0.0872. The highest BCUT2D eigenvalue weighted by Gasteiger charge is 1.97. The summed E-state index contributed by atoms with van der Waals surface area (Å²) in [5.41, 5.74) is 0. The lowest BCUT2D eigenvalue weighted by molar-refractivity contribution is 0.155. The number of rotatable bonds is 2. The van der Waals surface area contributed by atoms with Gasteiger partial charge >= 0.3 is 5.95 Å². The minimum atomic E-state index is -1.05. The highest BCUT2D eigenvalue weighted by Crippen LogP contribution is 1.99. The second kappa shape index (κ2) is 3.43. The average Bonchev–Trinajstić information content (AvgIpc) is 1.67. The van der Waals surface area contributed by atoms with E-state index in [4.69, 9.17) is 26.9 Å². The molecule has 0 fully saturated rings. The van der Waals surface area contributed by atoms with Crippen LogP contribution < -0.4 is 0 Å². The first-order valence-corrected chi connectivity index (χ1v) is 2.58. The van der Waals surface area contributed by atoms with E-state index in [0.717, 1.165) is 0 Å². The highest BCUT2D eigenvalue weighted by atomic mass is 35.5. The van der Waals surface area contributed by atoms with Gasteiger partial charge in [-0.25, -0.2) is 0 Å².